The molecule has 82 valence electrons. The van der Waals surface area contributed by atoms with Crippen LogP contribution in [-0.4, -0.2) is 12.4 Å². The molecule has 0 bridgehead atoms. The fourth-order valence-electron chi connectivity index (χ4n) is 1.37. The van der Waals surface area contributed by atoms with Crippen LogP contribution in [0.3, 0.4) is 0 Å². The molecule has 0 aliphatic heterocycles. The highest BCUT2D eigenvalue weighted by atomic mass is 16.7. The van der Waals surface area contributed by atoms with Crippen LogP contribution >= 0.6 is 0 Å². The molecule has 0 atom stereocenters. The Hall–Kier alpha value is -1.28. The first-order valence-electron chi connectivity index (χ1n) is 5.13. The summed E-state index contributed by atoms with van der Waals surface area (Å²) in [4.78, 5) is 0. The second-order valence-electron chi connectivity index (χ2n) is 3.71. The van der Waals surface area contributed by atoms with Crippen molar-refractivity contribution in [3.8, 4) is 5.75 Å². The zero-order chi connectivity index (χ0) is 11.3. The lowest BCUT2D eigenvalue weighted by atomic mass is 10.2. The third-order valence-electron chi connectivity index (χ3n) is 1.95. The molecule has 1 rings (SSSR count). The fraction of sp³-hybridized carbons (Fsp3) is 0.385. The zero-order valence-corrected chi connectivity index (χ0v) is 9.62. The molecule has 0 saturated heterocycles. The summed E-state index contributed by atoms with van der Waals surface area (Å²) in [5.41, 5.74) is 1.04. The molecule has 0 fully saturated rings. The van der Waals surface area contributed by atoms with E-state index in [2.05, 4.69) is 6.58 Å². The standard InChI is InChI=1S/C13H18O2/c1-5-11-8-7-9-12(10-11)15-13(3,4)14-6-2/h5,7-10H,1,6H2,2-4H3. The molecule has 15 heavy (non-hydrogen) atoms. The van der Waals surface area contributed by atoms with Gasteiger partial charge in [-0.25, -0.2) is 0 Å². The first kappa shape index (κ1) is 11.8. The third-order valence-corrected chi connectivity index (χ3v) is 1.95. The first-order chi connectivity index (χ1) is 7.07. The molecule has 0 N–H and O–H groups in total. The molecule has 0 spiro atoms. The molecule has 0 aromatic heterocycles. The van der Waals surface area contributed by atoms with Crippen molar-refractivity contribution in [3.05, 3.63) is 36.4 Å². The van der Waals surface area contributed by atoms with Gasteiger partial charge >= 0.3 is 0 Å². The molecule has 1 aromatic rings. The van der Waals surface area contributed by atoms with Crippen LogP contribution in [-0.2, 0) is 4.74 Å². The molecule has 0 unspecified atom stereocenters. The van der Waals surface area contributed by atoms with Crippen LogP contribution in [0.25, 0.3) is 6.08 Å². The maximum absolute atomic E-state index is 5.71. The van der Waals surface area contributed by atoms with Crippen molar-refractivity contribution >= 4 is 6.08 Å². The number of ether oxygens (including phenoxy) is 2. The number of benzene rings is 1. The van der Waals surface area contributed by atoms with E-state index in [9.17, 15) is 0 Å². The Morgan fingerprint density at radius 3 is 2.73 bits per heavy atom. The van der Waals surface area contributed by atoms with Crippen LogP contribution < -0.4 is 4.74 Å². The van der Waals surface area contributed by atoms with Gasteiger partial charge in [0, 0.05) is 20.5 Å². The average molecular weight is 206 g/mol. The van der Waals surface area contributed by atoms with Crippen molar-refractivity contribution in [1.82, 2.24) is 0 Å². The normalized spacial score (nSPS) is 11.1. The highest BCUT2D eigenvalue weighted by Crippen LogP contribution is 2.20. The van der Waals surface area contributed by atoms with E-state index in [1.54, 1.807) is 6.08 Å². The van der Waals surface area contributed by atoms with Crippen molar-refractivity contribution in [2.45, 2.75) is 26.6 Å². The van der Waals surface area contributed by atoms with Gasteiger partial charge in [0.2, 0.25) is 5.79 Å². The minimum absolute atomic E-state index is 0.589. The van der Waals surface area contributed by atoms with Crippen LogP contribution in [0.15, 0.2) is 30.8 Å². The summed E-state index contributed by atoms with van der Waals surface area (Å²) >= 11 is 0. The van der Waals surface area contributed by atoms with Crippen molar-refractivity contribution in [3.63, 3.8) is 0 Å². The van der Waals surface area contributed by atoms with E-state index in [1.807, 2.05) is 45.0 Å². The van der Waals surface area contributed by atoms with Crippen molar-refractivity contribution in [1.29, 1.82) is 0 Å². The third kappa shape index (κ3) is 3.76. The van der Waals surface area contributed by atoms with E-state index in [0.717, 1.165) is 11.3 Å². The van der Waals surface area contributed by atoms with Gasteiger partial charge in [0.1, 0.15) is 5.75 Å². The Labute approximate surface area is 91.5 Å². The molecular weight excluding hydrogens is 188 g/mol. The Kier molecular flexibility index (Phi) is 3.92. The largest absolute Gasteiger partial charge is 0.463 e. The minimum atomic E-state index is -0.589. The van der Waals surface area contributed by atoms with E-state index < -0.39 is 5.79 Å². The summed E-state index contributed by atoms with van der Waals surface area (Å²) in [7, 11) is 0. The minimum Gasteiger partial charge on any atom is -0.463 e. The molecule has 0 aliphatic rings. The summed E-state index contributed by atoms with van der Waals surface area (Å²) in [6.07, 6.45) is 1.79. The summed E-state index contributed by atoms with van der Waals surface area (Å²) in [6.45, 7) is 10.1. The molecule has 0 aliphatic carbocycles. The van der Waals surface area contributed by atoms with Crippen LogP contribution in [0, 0.1) is 0 Å². The summed E-state index contributed by atoms with van der Waals surface area (Å²) in [5, 5.41) is 0. The smallest absolute Gasteiger partial charge is 0.204 e. The predicted molar refractivity (Wildman–Crippen MR) is 62.9 cm³/mol. The van der Waals surface area contributed by atoms with Gasteiger partial charge in [0.15, 0.2) is 0 Å². The van der Waals surface area contributed by atoms with E-state index in [0.29, 0.717) is 6.61 Å². The highest BCUT2D eigenvalue weighted by molar-refractivity contribution is 5.49. The molecule has 0 amide bonds. The van der Waals surface area contributed by atoms with E-state index >= 15 is 0 Å². The van der Waals surface area contributed by atoms with Crippen molar-refractivity contribution < 1.29 is 9.47 Å². The molecule has 0 heterocycles. The van der Waals surface area contributed by atoms with Gasteiger partial charge in [-0.05, 0) is 24.6 Å². The Balaban J connectivity index is 2.75. The second kappa shape index (κ2) is 4.99. The van der Waals surface area contributed by atoms with E-state index in [-0.39, 0.29) is 0 Å². The summed E-state index contributed by atoms with van der Waals surface area (Å²) in [6, 6.07) is 7.77. The van der Waals surface area contributed by atoms with Crippen LogP contribution in [0.5, 0.6) is 5.75 Å². The van der Waals surface area contributed by atoms with Gasteiger partial charge in [-0.3, -0.25) is 0 Å². The summed E-state index contributed by atoms with van der Waals surface area (Å²) < 4.78 is 11.2. The fourth-order valence-corrected chi connectivity index (χ4v) is 1.37. The number of hydrogen-bond donors (Lipinski definition) is 0. The lowest BCUT2D eigenvalue weighted by Crippen LogP contribution is -2.31. The molecule has 0 saturated carbocycles. The average Bonchev–Trinajstić information content (AvgIpc) is 2.17. The van der Waals surface area contributed by atoms with E-state index in [1.165, 1.54) is 0 Å². The number of hydrogen-bond acceptors (Lipinski definition) is 2. The SMILES string of the molecule is C=Cc1cccc(OC(C)(C)OCC)c1. The Bertz CT molecular complexity index is 329. The van der Waals surface area contributed by atoms with Gasteiger partial charge in [-0.2, -0.15) is 0 Å². The quantitative estimate of drug-likeness (QED) is 0.687. The highest BCUT2D eigenvalue weighted by Gasteiger charge is 2.19. The Morgan fingerprint density at radius 1 is 1.40 bits per heavy atom. The van der Waals surface area contributed by atoms with Gasteiger partial charge in [0.05, 0.1) is 0 Å². The van der Waals surface area contributed by atoms with E-state index in [4.69, 9.17) is 9.47 Å². The Morgan fingerprint density at radius 2 is 2.13 bits per heavy atom. The van der Waals surface area contributed by atoms with Gasteiger partial charge in [-0.15, -0.1) is 0 Å². The zero-order valence-electron chi connectivity index (χ0n) is 9.62. The second-order valence-corrected chi connectivity index (χ2v) is 3.71. The van der Waals surface area contributed by atoms with Gasteiger partial charge < -0.3 is 9.47 Å². The van der Waals surface area contributed by atoms with Crippen LogP contribution in [0.2, 0.25) is 0 Å². The maximum Gasteiger partial charge on any atom is 0.204 e. The topological polar surface area (TPSA) is 18.5 Å². The van der Waals surface area contributed by atoms with Crippen molar-refractivity contribution in [2.24, 2.45) is 0 Å². The summed E-state index contributed by atoms with van der Waals surface area (Å²) in [5.74, 6) is 0.208. The molecule has 2 heteroatoms. The maximum atomic E-state index is 5.71. The van der Waals surface area contributed by atoms with Gasteiger partial charge in [-0.1, -0.05) is 24.8 Å². The van der Waals surface area contributed by atoms with Crippen LogP contribution in [0.4, 0.5) is 0 Å². The molecular formula is C13H18O2. The van der Waals surface area contributed by atoms with Crippen molar-refractivity contribution in [2.75, 3.05) is 6.61 Å². The monoisotopic (exact) mass is 206 g/mol. The van der Waals surface area contributed by atoms with Gasteiger partial charge in [0.25, 0.3) is 0 Å². The number of rotatable bonds is 5. The molecule has 1 aromatic carbocycles. The first-order valence-corrected chi connectivity index (χ1v) is 5.13. The molecule has 2 nitrogen and oxygen atoms in total. The van der Waals surface area contributed by atoms with Crippen LogP contribution in [0.1, 0.15) is 26.3 Å². The lowest BCUT2D eigenvalue weighted by molar-refractivity contribution is -0.152. The molecule has 0 radical (unpaired) electrons. The lowest BCUT2D eigenvalue weighted by Gasteiger charge is -2.26. The predicted octanol–water partition coefficient (Wildman–Crippen LogP) is 3.48.